The standard InChI is InChI=1S/C15H29NO2/c1-6-7-8-9-10-11-12-16-13(2)14(17)18-15(3,4)5/h6,13,16H,1,7-12H2,2-5H3/t13-/m0/s1. The zero-order valence-corrected chi connectivity index (χ0v) is 12.4. The summed E-state index contributed by atoms with van der Waals surface area (Å²) in [7, 11) is 0. The third-order valence-corrected chi connectivity index (χ3v) is 2.55. The van der Waals surface area contributed by atoms with Crippen molar-refractivity contribution in [2.45, 2.75) is 71.4 Å². The summed E-state index contributed by atoms with van der Waals surface area (Å²) in [5.41, 5.74) is -0.405. The normalized spacial score (nSPS) is 13.1. The lowest BCUT2D eigenvalue weighted by atomic mass is 10.1. The Morgan fingerprint density at radius 1 is 1.28 bits per heavy atom. The van der Waals surface area contributed by atoms with Gasteiger partial charge in [-0.1, -0.05) is 18.9 Å². The van der Waals surface area contributed by atoms with E-state index in [4.69, 9.17) is 4.74 Å². The lowest BCUT2D eigenvalue weighted by molar-refractivity contribution is -0.156. The number of nitrogens with one attached hydrogen (secondary N) is 1. The summed E-state index contributed by atoms with van der Waals surface area (Å²) in [6.45, 7) is 12.1. The molecule has 0 saturated heterocycles. The molecule has 0 aliphatic carbocycles. The van der Waals surface area contributed by atoms with Crippen molar-refractivity contribution in [3.05, 3.63) is 12.7 Å². The Morgan fingerprint density at radius 2 is 1.89 bits per heavy atom. The van der Waals surface area contributed by atoms with Gasteiger partial charge in [-0.2, -0.15) is 0 Å². The molecule has 0 radical (unpaired) electrons. The molecule has 106 valence electrons. The van der Waals surface area contributed by atoms with E-state index < -0.39 is 5.60 Å². The van der Waals surface area contributed by atoms with Crippen LogP contribution in [0.25, 0.3) is 0 Å². The first-order valence-electron chi connectivity index (χ1n) is 6.94. The van der Waals surface area contributed by atoms with Crippen LogP contribution in [0.1, 0.15) is 59.8 Å². The van der Waals surface area contributed by atoms with E-state index in [0.29, 0.717) is 0 Å². The molecule has 3 nitrogen and oxygen atoms in total. The highest BCUT2D eigenvalue weighted by Gasteiger charge is 2.20. The number of esters is 1. The minimum Gasteiger partial charge on any atom is -0.459 e. The van der Waals surface area contributed by atoms with Crippen molar-refractivity contribution in [2.24, 2.45) is 0 Å². The van der Waals surface area contributed by atoms with Crippen LogP contribution in [0.5, 0.6) is 0 Å². The van der Waals surface area contributed by atoms with Gasteiger partial charge in [0.1, 0.15) is 11.6 Å². The first-order chi connectivity index (χ1) is 8.37. The van der Waals surface area contributed by atoms with E-state index in [9.17, 15) is 4.79 Å². The summed E-state index contributed by atoms with van der Waals surface area (Å²) in [4.78, 5) is 11.7. The predicted molar refractivity (Wildman–Crippen MR) is 76.6 cm³/mol. The van der Waals surface area contributed by atoms with Crippen molar-refractivity contribution in [1.82, 2.24) is 5.32 Å². The molecule has 0 bridgehead atoms. The van der Waals surface area contributed by atoms with Crippen LogP contribution in [-0.2, 0) is 9.53 Å². The number of rotatable bonds is 9. The van der Waals surface area contributed by atoms with Crippen LogP contribution in [0.2, 0.25) is 0 Å². The largest absolute Gasteiger partial charge is 0.459 e. The average Bonchev–Trinajstić information content (AvgIpc) is 2.25. The number of carbonyl (C=O) groups excluding carboxylic acids is 1. The SMILES string of the molecule is C=CCCCCCCN[C@@H](C)C(=O)OC(C)(C)C. The maximum atomic E-state index is 11.7. The molecule has 0 aliphatic rings. The predicted octanol–water partition coefficient (Wildman–Crippen LogP) is 3.44. The highest BCUT2D eigenvalue weighted by Crippen LogP contribution is 2.08. The molecule has 0 rings (SSSR count). The lowest BCUT2D eigenvalue weighted by Crippen LogP contribution is -2.39. The molecule has 18 heavy (non-hydrogen) atoms. The van der Waals surface area contributed by atoms with Gasteiger partial charge in [0.15, 0.2) is 0 Å². The van der Waals surface area contributed by atoms with Crippen LogP contribution < -0.4 is 5.32 Å². The zero-order chi connectivity index (χ0) is 14.0. The van der Waals surface area contributed by atoms with Crippen LogP contribution in [-0.4, -0.2) is 24.2 Å². The average molecular weight is 255 g/mol. The highest BCUT2D eigenvalue weighted by atomic mass is 16.6. The van der Waals surface area contributed by atoms with Gasteiger partial charge in [0.2, 0.25) is 0 Å². The van der Waals surface area contributed by atoms with Crippen molar-refractivity contribution < 1.29 is 9.53 Å². The molecule has 0 heterocycles. The van der Waals surface area contributed by atoms with E-state index in [2.05, 4.69) is 11.9 Å². The van der Waals surface area contributed by atoms with Crippen molar-refractivity contribution >= 4 is 5.97 Å². The van der Waals surface area contributed by atoms with E-state index in [0.717, 1.165) is 19.4 Å². The lowest BCUT2D eigenvalue weighted by Gasteiger charge is -2.22. The van der Waals surface area contributed by atoms with Crippen LogP contribution in [0, 0.1) is 0 Å². The number of allylic oxidation sites excluding steroid dienone is 1. The van der Waals surface area contributed by atoms with Gasteiger partial charge in [-0.3, -0.25) is 4.79 Å². The smallest absolute Gasteiger partial charge is 0.323 e. The summed E-state index contributed by atoms with van der Waals surface area (Å²) in [6, 6.07) is -0.225. The molecular formula is C15H29NO2. The number of hydrogen-bond acceptors (Lipinski definition) is 3. The molecule has 1 N–H and O–H groups in total. The van der Waals surface area contributed by atoms with Gasteiger partial charge in [0.25, 0.3) is 0 Å². The van der Waals surface area contributed by atoms with Gasteiger partial charge in [-0.15, -0.1) is 6.58 Å². The Hall–Kier alpha value is -0.830. The molecular weight excluding hydrogens is 226 g/mol. The van der Waals surface area contributed by atoms with Crippen LogP contribution >= 0.6 is 0 Å². The second kappa shape index (κ2) is 9.15. The molecule has 3 heteroatoms. The van der Waals surface area contributed by atoms with Crippen LogP contribution in [0.3, 0.4) is 0 Å². The van der Waals surface area contributed by atoms with E-state index in [1.165, 1.54) is 19.3 Å². The van der Waals surface area contributed by atoms with Crippen LogP contribution in [0.4, 0.5) is 0 Å². The minimum atomic E-state index is -0.405. The number of unbranched alkanes of at least 4 members (excludes halogenated alkanes) is 4. The first-order valence-corrected chi connectivity index (χ1v) is 6.94. The molecule has 0 aliphatic heterocycles. The molecule has 1 atom stereocenters. The fourth-order valence-corrected chi connectivity index (χ4v) is 1.56. The van der Waals surface area contributed by atoms with E-state index in [1.807, 2.05) is 33.8 Å². The van der Waals surface area contributed by atoms with Crippen LogP contribution in [0.15, 0.2) is 12.7 Å². The van der Waals surface area contributed by atoms with Gasteiger partial charge in [-0.05, 0) is 53.5 Å². The number of carbonyl (C=O) groups is 1. The Bertz CT molecular complexity index is 243. The molecule has 0 unspecified atom stereocenters. The topological polar surface area (TPSA) is 38.3 Å². The fourth-order valence-electron chi connectivity index (χ4n) is 1.56. The summed E-state index contributed by atoms with van der Waals surface area (Å²) >= 11 is 0. The van der Waals surface area contributed by atoms with Gasteiger partial charge in [-0.25, -0.2) is 0 Å². The zero-order valence-electron chi connectivity index (χ0n) is 12.4. The van der Waals surface area contributed by atoms with Crippen molar-refractivity contribution in [2.75, 3.05) is 6.54 Å². The second-order valence-electron chi connectivity index (χ2n) is 5.70. The maximum absolute atomic E-state index is 11.7. The van der Waals surface area contributed by atoms with Gasteiger partial charge < -0.3 is 10.1 Å². The number of ether oxygens (including phenoxy) is 1. The first kappa shape index (κ1) is 17.2. The van der Waals surface area contributed by atoms with Crippen molar-refractivity contribution in [3.8, 4) is 0 Å². The third-order valence-electron chi connectivity index (χ3n) is 2.55. The molecule has 0 spiro atoms. The molecule has 0 aromatic rings. The molecule has 0 amide bonds. The van der Waals surface area contributed by atoms with E-state index >= 15 is 0 Å². The maximum Gasteiger partial charge on any atom is 0.323 e. The minimum absolute atomic E-state index is 0.172. The van der Waals surface area contributed by atoms with Gasteiger partial charge in [0, 0.05) is 0 Å². The Balaban J connectivity index is 3.55. The summed E-state index contributed by atoms with van der Waals surface area (Å²) in [5, 5.41) is 3.20. The molecule has 0 aromatic heterocycles. The molecule has 0 aromatic carbocycles. The second-order valence-corrected chi connectivity index (χ2v) is 5.70. The number of hydrogen-bond donors (Lipinski definition) is 1. The summed E-state index contributed by atoms with van der Waals surface area (Å²) < 4.78 is 5.30. The van der Waals surface area contributed by atoms with Crippen molar-refractivity contribution in [1.29, 1.82) is 0 Å². The van der Waals surface area contributed by atoms with Crippen molar-refractivity contribution in [3.63, 3.8) is 0 Å². The Morgan fingerprint density at radius 3 is 2.44 bits per heavy atom. The third kappa shape index (κ3) is 10.3. The van der Waals surface area contributed by atoms with Gasteiger partial charge in [0.05, 0.1) is 0 Å². The Kier molecular flexibility index (Phi) is 8.73. The molecule has 0 saturated carbocycles. The van der Waals surface area contributed by atoms with E-state index in [1.54, 1.807) is 0 Å². The molecule has 0 fully saturated rings. The van der Waals surface area contributed by atoms with E-state index in [-0.39, 0.29) is 12.0 Å². The Labute approximate surface area is 112 Å². The summed E-state index contributed by atoms with van der Waals surface area (Å²) in [5.74, 6) is -0.172. The highest BCUT2D eigenvalue weighted by molar-refractivity contribution is 5.75. The fraction of sp³-hybridized carbons (Fsp3) is 0.800. The monoisotopic (exact) mass is 255 g/mol. The quantitative estimate of drug-likeness (QED) is 0.389. The summed E-state index contributed by atoms with van der Waals surface area (Å²) in [6.07, 6.45) is 7.80. The van der Waals surface area contributed by atoms with Gasteiger partial charge >= 0.3 is 5.97 Å².